The molecule has 2 N–H and O–H groups in total. The normalized spacial score (nSPS) is 13.9. The molecule has 4 rings (SSSR count). The van der Waals surface area contributed by atoms with Gasteiger partial charge in [0.1, 0.15) is 18.4 Å². The number of carboxylic acids is 1. The van der Waals surface area contributed by atoms with Crippen LogP contribution in [0.2, 0.25) is 0 Å². The summed E-state index contributed by atoms with van der Waals surface area (Å²) in [4.78, 5) is 52.2. The van der Waals surface area contributed by atoms with E-state index in [-0.39, 0.29) is 37.9 Å². The third kappa shape index (κ3) is 7.94. The number of hydrogen-bond acceptors (Lipinski definition) is 6. The second-order valence-corrected chi connectivity index (χ2v) is 9.19. The predicted octanol–water partition coefficient (Wildman–Crippen LogP) is 3.05. The van der Waals surface area contributed by atoms with Gasteiger partial charge in [0.15, 0.2) is 6.61 Å². The summed E-state index contributed by atoms with van der Waals surface area (Å²) in [5.41, 5.74) is 0.771. The molecule has 3 amide bonds. The van der Waals surface area contributed by atoms with E-state index in [1.807, 2.05) is 48.5 Å². The molecule has 10 nitrogen and oxygen atoms in total. The second-order valence-electron chi connectivity index (χ2n) is 9.19. The molecule has 0 radical (unpaired) electrons. The lowest BCUT2D eigenvalue weighted by molar-refractivity contribution is -0.142. The zero-order valence-corrected chi connectivity index (χ0v) is 21.5. The van der Waals surface area contributed by atoms with Crippen molar-refractivity contribution in [3.63, 3.8) is 0 Å². The lowest BCUT2D eigenvalue weighted by Crippen LogP contribution is -2.52. The zero-order chi connectivity index (χ0) is 27.6. The number of alkyl carbamates (subject to hydrolysis) is 1. The number of rotatable bonds is 10. The lowest BCUT2D eigenvalue weighted by atomic mass is 10.1. The Morgan fingerprint density at radius 2 is 1.46 bits per heavy atom. The Bertz CT molecular complexity index is 1310. The van der Waals surface area contributed by atoms with E-state index in [1.165, 1.54) is 0 Å². The number of carboxylic acid groups (broad SMARTS) is 1. The summed E-state index contributed by atoms with van der Waals surface area (Å²) in [7, 11) is 0. The standard InChI is InChI=1S/C29H31N3O7/c33-26(13-12-25(28(35)36)30-29(37)39-19-21-6-2-1-3-7-21)31-14-16-32(17-15-31)27(34)20-38-24-11-10-22-8-4-5-9-23(22)18-24/h1-11,18,25H,12-17,19-20H2,(H,30,37)(H,35,36)/t25-/m0/s1. The van der Waals surface area contributed by atoms with Gasteiger partial charge in [-0.05, 0) is 34.9 Å². The molecule has 1 saturated heterocycles. The van der Waals surface area contributed by atoms with E-state index in [0.29, 0.717) is 31.9 Å². The van der Waals surface area contributed by atoms with Crippen molar-refractivity contribution in [3.05, 3.63) is 78.4 Å². The van der Waals surface area contributed by atoms with Gasteiger partial charge in [-0.2, -0.15) is 0 Å². The molecule has 1 aliphatic rings. The molecule has 1 aliphatic heterocycles. The summed E-state index contributed by atoms with van der Waals surface area (Å²) in [6.07, 6.45) is -1.00. The molecule has 0 bridgehead atoms. The number of carbonyl (C=O) groups excluding carboxylic acids is 3. The Morgan fingerprint density at radius 1 is 0.821 bits per heavy atom. The largest absolute Gasteiger partial charge is 0.484 e. The van der Waals surface area contributed by atoms with E-state index in [2.05, 4.69) is 5.32 Å². The zero-order valence-electron chi connectivity index (χ0n) is 21.5. The number of nitrogens with zero attached hydrogens (tertiary/aromatic N) is 2. The summed E-state index contributed by atoms with van der Waals surface area (Å²) < 4.78 is 10.8. The number of fused-ring (bicyclic) bond motifs is 1. The molecule has 0 spiro atoms. The van der Waals surface area contributed by atoms with Crippen molar-refractivity contribution in [1.29, 1.82) is 0 Å². The third-order valence-corrected chi connectivity index (χ3v) is 6.52. The maximum Gasteiger partial charge on any atom is 0.408 e. The van der Waals surface area contributed by atoms with Crippen LogP contribution in [0.5, 0.6) is 5.75 Å². The number of aliphatic carboxylic acids is 1. The van der Waals surface area contributed by atoms with Crippen molar-refractivity contribution in [2.45, 2.75) is 25.5 Å². The maximum absolute atomic E-state index is 12.7. The quantitative estimate of drug-likeness (QED) is 0.410. The number of benzene rings is 3. The van der Waals surface area contributed by atoms with Gasteiger partial charge in [0.05, 0.1) is 0 Å². The van der Waals surface area contributed by atoms with E-state index < -0.39 is 18.1 Å². The fourth-order valence-corrected chi connectivity index (χ4v) is 4.29. The molecule has 10 heteroatoms. The molecule has 0 aliphatic carbocycles. The van der Waals surface area contributed by atoms with Gasteiger partial charge in [0, 0.05) is 32.6 Å². The monoisotopic (exact) mass is 533 g/mol. The van der Waals surface area contributed by atoms with Gasteiger partial charge in [0.25, 0.3) is 5.91 Å². The van der Waals surface area contributed by atoms with E-state index in [0.717, 1.165) is 16.3 Å². The van der Waals surface area contributed by atoms with Gasteiger partial charge in [-0.1, -0.05) is 60.7 Å². The molecule has 39 heavy (non-hydrogen) atoms. The van der Waals surface area contributed by atoms with Gasteiger partial charge in [-0.3, -0.25) is 9.59 Å². The van der Waals surface area contributed by atoms with Crippen LogP contribution in [0.3, 0.4) is 0 Å². The Kier molecular flexibility index (Phi) is 9.34. The molecule has 0 unspecified atom stereocenters. The van der Waals surface area contributed by atoms with Crippen molar-refractivity contribution in [1.82, 2.24) is 15.1 Å². The van der Waals surface area contributed by atoms with E-state index >= 15 is 0 Å². The van der Waals surface area contributed by atoms with E-state index in [4.69, 9.17) is 9.47 Å². The van der Waals surface area contributed by atoms with Gasteiger partial charge >= 0.3 is 12.1 Å². The van der Waals surface area contributed by atoms with Crippen LogP contribution < -0.4 is 10.1 Å². The first kappa shape index (κ1) is 27.4. The smallest absolute Gasteiger partial charge is 0.408 e. The summed E-state index contributed by atoms with van der Waals surface area (Å²) in [5.74, 6) is -1.04. The Hall–Kier alpha value is -4.60. The molecule has 1 atom stereocenters. The van der Waals surface area contributed by atoms with Crippen LogP contribution in [0.4, 0.5) is 4.79 Å². The summed E-state index contributed by atoms with van der Waals surface area (Å²) in [6.45, 7) is 1.30. The van der Waals surface area contributed by atoms with Crippen LogP contribution in [-0.2, 0) is 25.7 Å². The summed E-state index contributed by atoms with van der Waals surface area (Å²) in [6, 6.07) is 21.3. The van der Waals surface area contributed by atoms with Crippen molar-refractivity contribution in [3.8, 4) is 5.75 Å². The highest BCUT2D eigenvalue weighted by Gasteiger charge is 2.27. The number of carbonyl (C=O) groups is 4. The van der Waals surface area contributed by atoms with Crippen LogP contribution >= 0.6 is 0 Å². The molecule has 3 aromatic rings. The Balaban J connectivity index is 1.17. The van der Waals surface area contributed by atoms with E-state index in [9.17, 15) is 24.3 Å². The number of piperazine rings is 1. The Labute approximate surface area is 226 Å². The lowest BCUT2D eigenvalue weighted by Gasteiger charge is -2.35. The molecule has 0 saturated carbocycles. The molecule has 1 heterocycles. The number of hydrogen-bond donors (Lipinski definition) is 2. The molecular weight excluding hydrogens is 502 g/mol. The number of nitrogens with one attached hydrogen (secondary N) is 1. The van der Waals surface area contributed by atoms with Crippen molar-refractivity contribution in [2.75, 3.05) is 32.8 Å². The first-order valence-electron chi connectivity index (χ1n) is 12.8. The van der Waals surface area contributed by atoms with Crippen molar-refractivity contribution < 1.29 is 33.8 Å². The minimum Gasteiger partial charge on any atom is -0.484 e. The van der Waals surface area contributed by atoms with Crippen LogP contribution in [0, 0.1) is 0 Å². The van der Waals surface area contributed by atoms with Gasteiger partial charge in [0.2, 0.25) is 5.91 Å². The Morgan fingerprint density at radius 3 is 2.15 bits per heavy atom. The highest BCUT2D eigenvalue weighted by molar-refractivity contribution is 5.84. The van der Waals surface area contributed by atoms with Crippen molar-refractivity contribution >= 4 is 34.6 Å². The van der Waals surface area contributed by atoms with Gasteiger partial charge in [-0.15, -0.1) is 0 Å². The van der Waals surface area contributed by atoms with Crippen LogP contribution in [0.1, 0.15) is 18.4 Å². The van der Waals surface area contributed by atoms with Crippen LogP contribution in [-0.4, -0.2) is 77.6 Å². The fraction of sp³-hybridized carbons (Fsp3) is 0.310. The van der Waals surface area contributed by atoms with E-state index in [1.54, 1.807) is 34.1 Å². The number of ether oxygens (including phenoxy) is 2. The first-order chi connectivity index (χ1) is 18.9. The SMILES string of the molecule is O=C(N[C@@H](CCC(=O)N1CCN(C(=O)COc2ccc3ccccc3c2)CC1)C(=O)O)OCc1ccccc1. The maximum atomic E-state index is 12.7. The highest BCUT2D eigenvalue weighted by atomic mass is 16.5. The predicted molar refractivity (Wildman–Crippen MR) is 143 cm³/mol. The minimum absolute atomic E-state index is 0.00817. The average molecular weight is 534 g/mol. The van der Waals surface area contributed by atoms with Gasteiger partial charge < -0.3 is 29.7 Å². The van der Waals surface area contributed by atoms with Crippen molar-refractivity contribution in [2.24, 2.45) is 0 Å². The molecule has 3 aromatic carbocycles. The number of amides is 3. The first-order valence-corrected chi connectivity index (χ1v) is 12.8. The minimum atomic E-state index is -1.26. The highest BCUT2D eigenvalue weighted by Crippen LogP contribution is 2.20. The third-order valence-electron chi connectivity index (χ3n) is 6.52. The average Bonchev–Trinajstić information content (AvgIpc) is 2.97. The molecular formula is C29H31N3O7. The molecule has 204 valence electrons. The van der Waals surface area contributed by atoms with Crippen LogP contribution in [0.25, 0.3) is 10.8 Å². The summed E-state index contributed by atoms with van der Waals surface area (Å²) >= 11 is 0. The van der Waals surface area contributed by atoms with Crippen LogP contribution in [0.15, 0.2) is 72.8 Å². The molecule has 0 aromatic heterocycles. The summed E-state index contributed by atoms with van der Waals surface area (Å²) in [5, 5.41) is 13.9. The molecule has 1 fully saturated rings. The van der Waals surface area contributed by atoms with Gasteiger partial charge in [-0.25, -0.2) is 9.59 Å². The fourth-order valence-electron chi connectivity index (χ4n) is 4.29. The second kappa shape index (κ2) is 13.3. The topological polar surface area (TPSA) is 125 Å².